The molecule has 0 radical (unpaired) electrons. The zero-order valence-corrected chi connectivity index (χ0v) is 14.2. The summed E-state index contributed by atoms with van der Waals surface area (Å²) < 4.78 is 10.8. The summed E-state index contributed by atoms with van der Waals surface area (Å²) in [6, 6.07) is 15.7. The molecule has 0 spiro atoms. The molecule has 1 saturated heterocycles. The zero-order valence-electron chi connectivity index (χ0n) is 14.2. The first kappa shape index (κ1) is 16.5. The van der Waals surface area contributed by atoms with Crippen LogP contribution >= 0.6 is 0 Å². The maximum atomic E-state index is 12.8. The van der Waals surface area contributed by atoms with Crippen LogP contribution in [0.1, 0.15) is 33.8 Å². The number of carbonyl (C=O) groups excluding carboxylic acids is 1. The highest BCUT2D eigenvalue weighted by molar-refractivity contribution is 5.94. The van der Waals surface area contributed by atoms with E-state index in [0.29, 0.717) is 12.5 Å². The van der Waals surface area contributed by atoms with Crippen molar-refractivity contribution in [3.8, 4) is 5.75 Å². The number of carbonyl (C=O) groups is 1. The quantitative estimate of drug-likeness (QED) is 0.845. The molecule has 0 bridgehead atoms. The first-order valence-corrected chi connectivity index (χ1v) is 8.24. The summed E-state index contributed by atoms with van der Waals surface area (Å²) in [5.74, 6) is 1.22. The molecule has 1 heterocycles. The zero-order chi connectivity index (χ0) is 16.9. The van der Waals surface area contributed by atoms with Crippen molar-refractivity contribution in [3.63, 3.8) is 0 Å². The molecule has 1 fully saturated rings. The number of hydrogen-bond donors (Lipinski definition) is 0. The lowest BCUT2D eigenvalue weighted by Crippen LogP contribution is -2.26. The number of rotatable bonds is 5. The van der Waals surface area contributed by atoms with E-state index in [1.54, 1.807) is 12.0 Å². The second kappa shape index (κ2) is 7.49. The molecule has 1 unspecified atom stereocenters. The largest absolute Gasteiger partial charge is 0.496 e. The predicted octanol–water partition coefficient (Wildman–Crippen LogP) is 3.47. The molecule has 4 nitrogen and oxygen atoms in total. The molecule has 4 heteroatoms. The van der Waals surface area contributed by atoms with E-state index in [0.717, 1.165) is 36.5 Å². The maximum Gasteiger partial charge on any atom is 0.253 e. The third-order valence-electron chi connectivity index (χ3n) is 4.48. The molecule has 1 aliphatic rings. The summed E-state index contributed by atoms with van der Waals surface area (Å²) in [5, 5.41) is 0. The number of para-hydroxylation sites is 1. The Labute approximate surface area is 143 Å². The average molecular weight is 325 g/mol. The Bertz CT molecular complexity index is 708. The van der Waals surface area contributed by atoms with Crippen LogP contribution in [0.2, 0.25) is 0 Å². The first-order valence-electron chi connectivity index (χ1n) is 8.24. The van der Waals surface area contributed by atoms with Gasteiger partial charge in [-0.05, 0) is 30.2 Å². The van der Waals surface area contributed by atoms with Gasteiger partial charge in [0.15, 0.2) is 0 Å². The molecule has 24 heavy (non-hydrogen) atoms. The summed E-state index contributed by atoms with van der Waals surface area (Å²) >= 11 is 0. The Hall–Kier alpha value is -2.33. The predicted molar refractivity (Wildman–Crippen MR) is 93.4 cm³/mol. The van der Waals surface area contributed by atoms with Gasteiger partial charge in [-0.2, -0.15) is 0 Å². The van der Waals surface area contributed by atoms with E-state index in [1.165, 1.54) is 5.56 Å². The van der Waals surface area contributed by atoms with Gasteiger partial charge in [-0.1, -0.05) is 30.3 Å². The van der Waals surface area contributed by atoms with E-state index in [1.807, 2.05) is 49.5 Å². The van der Waals surface area contributed by atoms with Crippen LogP contribution in [0.5, 0.6) is 5.75 Å². The van der Waals surface area contributed by atoms with Crippen molar-refractivity contribution < 1.29 is 14.3 Å². The molecule has 0 saturated carbocycles. The molecule has 2 aromatic rings. The van der Waals surface area contributed by atoms with Crippen molar-refractivity contribution in [1.29, 1.82) is 0 Å². The Morgan fingerprint density at radius 3 is 2.83 bits per heavy atom. The fourth-order valence-corrected chi connectivity index (χ4v) is 3.10. The summed E-state index contributed by atoms with van der Waals surface area (Å²) in [4.78, 5) is 14.5. The second-order valence-corrected chi connectivity index (χ2v) is 6.16. The highest BCUT2D eigenvalue weighted by Gasteiger charge is 2.20. The van der Waals surface area contributed by atoms with Gasteiger partial charge in [0.25, 0.3) is 5.91 Å². The minimum atomic E-state index is 0.0154. The number of amides is 1. The molecule has 0 aromatic heterocycles. The van der Waals surface area contributed by atoms with Crippen LogP contribution in [0.15, 0.2) is 48.5 Å². The second-order valence-electron chi connectivity index (χ2n) is 6.16. The van der Waals surface area contributed by atoms with Crippen molar-refractivity contribution in [3.05, 3.63) is 65.2 Å². The third kappa shape index (κ3) is 3.60. The molecular formula is C20H23NO3. The number of nitrogens with zero attached hydrogens (tertiary/aromatic N) is 1. The van der Waals surface area contributed by atoms with E-state index in [9.17, 15) is 4.79 Å². The molecule has 0 N–H and O–H groups in total. The molecule has 2 aromatic carbocycles. The van der Waals surface area contributed by atoms with Crippen molar-refractivity contribution >= 4 is 5.91 Å². The monoisotopic (exact) mass is 325 g/mol. The highest BCUT2D eigenvalue weighted by Crippen LogP contribution is 2.26. The fourth-order valence-electron chi connectivity index (χ4n) is 3.10. The molecule has 1 atom stereocenters. The Morgan fingerprint density at radius 1 is 1.25 bits per heavy atom. The van der Waals surface area contributed by atoms with Crippen LogP contribution in [0.4, 0.5) is 0 Å². The Balaban J connectivity index is 1.74. The minimum absolute atomic E-state index is 0.0154. The van der Waals surface area contributed by atoms with E-state index < -0.39 is 0 Å². The standard InChI is InChI=1S/C20H23NO3/c1-21(13-17-6-3-4-9-19(17)23-2)20(22)16-8-5-7-15(12-16)18-10-11-24-14-18/h3-9,12,18H,10-11,13-14H2,1-2H3. The Kier molecular flexibility index (Phi) is 5.16. The topological polar surface area (TPSA) is 38.8 Å². The van der Waals surface area contributed by atoms with Crippen molar-refractivity contribution in [2.75, 3.05) is 27.4 Å². The number of methoxy groups -OCH3 is 1. The van der Waals surface area contributed by atoms with E-state index in [2.05, 4.69) is 6.07 Å². The molecule has 0 aliphatic carbocycles. The lowest BCUT2D eigenvalue weighted by molar-refractivity contribution is 0.0784. The average Bonchev–Trinajstić information content (AvgIpc) is 3.16. The van der Waals surface area contributed by atoms with Gasteiger partial charge in [-0.15, -0.1) is 0 Å². The third-order valence-corrected chi connectivity index (χ3v) is 4.48. The van der Waals surface area contributed by atoms with Gasteiger partial charge in [0.05, 0.1) is 13.7 Å². The molecular weight excluding hydrogens is 302 g/mol. The van der Waals surface area contributed by atoms with Crippen LogP contribution < -0.4 is 4.74 Å². The van der Waals surface area contributed by atoms with Crippen LogP contribution in [0.3, 0.4) is 0 Å². The fraction of sp³-hybridized carbons (Fsp3) is 0.350. The highest BCUT2D eigenvalue weighted by atomic mass is 16.5. The number of ether oxygens (including phenoxy) is 2. The Morgan fingerprint density at radius 2 is 2.08 bits per heavy atom. The van der Waals surface area contributed by atoms with E-state index in [4.69, 9.17) is 9.47 Å². The van der Waals surface area contributed by atoms with Gasteiger partial charge < -0.3 is 14.4 Å². The maximum absolute atomic E-state index is 12.8. The first-order chi connectivity index (χ1) is 11.7. The number of hydrogen-bond acceptors (Lipinski definition) is 3. The van der Waals surface area contributed by atoms with Crippen LogP contribution in [0, 0.1) is 0 Å². The summed E-state index contributed by atoms with van der Waals surface area (Å²) in [6.45, 7) is 2.06. The lowest BCUT2D eigenvalue weighted by Gasteiger charge is -2.19. The van der Waals surface area contributed by atoms with Gasteiger partial charge in [0.2, 0.25) is 0 Å². The SMILES string of the molecule is COc1ccccc1CN(C)C(=O)c1cccc(C2CCOC2)c1. The van der Waals surface area contributed by atoms with Gasteiger partial charge >= 0.3 is 0 Å². The van der Waals surface area contributed by atoms with Gasteiger partial charge in [-0.3, -0.25) is 4.79 Å². The van der Waals surface area contributed by atoms with Crippen molar-refractivity contribution in [2.45, 2.75) is 18.9 Å². The minimum Gasteiger partial charge on any atom is -0.496 e. The van der Waals surface area contributed by atoms with Gasteiger partial charge in [0, 0.05) is 37.2 Å². The summed E-state index contributed by atoms with van der Waals surface area (Å²) in [5.41, 5.74) is 2.90. The van der Waals surface area contributed by atoms with Crippen molar-refractivity contribution in [2.24, 2.45) is 0 Å². The molecule has 1 aliphatic heterocycles. The number of benzene rings is 2. The van der Waals surface area contributed by atoms with Crippen LogP contribution in [-0.4, -0.2) is 38.2 Å². The molecule has 1 amide bonds. The smallest absolute Gasteiger partial charge is 0.253 e. The van der Waals surface area contributed by atoms with Crippen LogP contribution in [0.25, 0.3) is 0 Å². The molecule has 126 valence electrons. The van der Waals surface area contributed by atoms with Gasteiger partial charge in [-0.25, -0.2) is 0 Å². The normalized spacial score (nSPS) is 16.8. The van der Waals surface area contributed by atoms with E-state index >= 15 is 0 Å². The lowest BCUT2D eigenvalue weighted by atomic mass is 9.96. The van der Waals surface area contributed by atoms with Crippen LogP contribution in [-0.2, 0) is 11.3 Å². The van der Waals surface area contributed by atoms with Gasteiger partial charge in [0.1, 0.15) is 5.75 Å². The van der Waals surface area contributed by atoms with Crippen molar-refractivity contribution in [1.82, 2.24) is 4.90 Å². The summed E-state index contributed by atoms with van der Waals surface area (Å²) in [6.07, 6.45) is 1.02. The summed E-state index contributed by atoms with van der Waals surface area (Å²) in [7, 11) is 3.47. The van der Waals surface area contributed by atoms with E-state index in [-0.39, 0.29) is 5.91 Å². The molecule has 3 rings (SSSR count).